The van der Waals surface area contributed by atoms with Crippen molar-refractivity contribution in [3.8, 4) is 0 Å². The van der Waals surface area contributed by atoms with Crippen LogP contribution < -0.4 is 5.32 Å². The Morgan fingerprint density at radius 1 is 1.10 bits per heavy atom. The van der Waals surface area contributed by atoms with Crippen molar-refractivity contribution in [1.82, 2.24) is 0 Å². The fraction of sp³-hybridized carbons (Fsp3) is 0.0769. The molecule has 2 aromatic rings. The van der Waals surface area contributed by atoms with Gasteiger partial charge in [-0.15, -0.1) is 0 Å². The van der Waals surface area contributed by atoms with Gasteiger partial charge in [0.05, 0.1) is 11.0 Å². The van der Waals surface area contributed by atoms with Gasteiger partial charge in [-0.05, 0) is 23.8 Å². The second kappa shape index (κ2) is 5.60. The van der Waals surface area contributed by atoms with Crippen molar-refractivity contribution < 1.29 is 18.1 Å². The first-order chi connectivity index (χ1) is 9.47. The highest BCUT2D eigenvalue weighted by Crippen LogP contribution is 2.21. The summed E-state index contributed by atoms with van der Waals surface area (Å²) in [5, 5.41) is 13.0. The largest absolute Gasteiger partial charge is 0.376 e. The lowest BCUT2D eigenvalue weighted by Gasteiger charge is -2.08. The molecule has 0 aliphatic carbocycles. The molecule has 20 heavy (non-hydrogen) atoms. The minimum Gasteiger partial charge on any atom is -0.376 e. The van der Waals surface area contributed by atoms with Gasteiger partial charge < -0.3 is 5.32 Å². The van der Waals surface area contributed by atoms with Gasteiger partial charge in [0.2, 0.25) is 0 Å². The Kier molecular flexibility index (Phi) is 3.88. The van der Waals surface area contributed by atoms with E-state index in [4.69, 9.17) is 0 Å². The zero-order chi connectivity index (χ0) is 14.7. The number of nitro groups is 1. The number of hydrogen-bond donors (Lipinski definition) is 1. The van der Waals surface area contributed by atoms with Crippen LogP contribution in [-0.2, 0) is 6.54 Å². The van der Waals surface area contributed by atoms with Crippen molar-refractivity contribution in [2.24, 2.45) is 0 Å². The summed E-state index contributed by atoms with van der Waals surface area (Å²) >= 11 is 0. The van der Waals surface area contributed by atoms with E-state index in [1.807, 2.05) is 0 Å². The first kappa shape index (κ1) is 13.9. The van der Waals surface area contributed by atoms with Gasteiger partial charge in [-0.2, -0.15) is 0 Å². The summed E-state index contributed by atoms with van der Waals surface area (Å²) in [7, 11) is 0. The second-order valence-electron chi connectivity index (χ2n) is 4.02. The molecule has 0 aliphatic heterocycles. The predicted molar refractivity (Wildman–Crippen MR) is 66.7 cm³/mol. The van der Waals surface area contributed by atoms with Gasteiger partial charge in [0.15, 0.2) is 0 Å². The van der Waals surface area contributed by atoms with Crippen molar-refractivity contribution in [1.29, 1.82) is 0 Å². The third kappa shape index (κ3) is 3.05. The maximum absolute atomic E-state index is 13.4. The molecule has 2 rings (SSSR count). The van der Waals surface area contributed by atoms with Crippen molar-refractivity contribution in [2.45, 2.75) is 6.54 Å². The van der Waals surface area contributed by atoms with Crippen LogP contribution in [0.4, 0.5) is 24.5 Å². The highest BCUT2D eigenvalue weighted by atomic mass is 19.1. The minimum atomic E-state index is -0.795. The van der Waals surface area contributed by atoms with Gasteiger partial charge in [-0.3, -0.25) is 10.1 Å². The van der Waals surface area contributed by atoms with E-state index in [1.165, 1.54) is 6.07 Å². The Labute approximate surface area is 112 Å². The van der Waals surface area contributed by atoms with Gasteiger partial charge in [0, 0.05) is 12.6 Å². The number of nitrogens with zero attached hydrogens (tertiary/aromatic N) is 1. The zero-order valence-electron chi connectivity index (χ0n) is 10.1. The first-order valence-corrected chi connectivity index (χ1v) is 5.59. The van der Waals surface area contributed by atoms with Gasteiger partial charge in [0.1, 0.15) is 23.1 Å². The maximum atomic E-state index is 13.4. The lowest BCUT2D eigenvalue weighted by molar-refractivity contribution is -0.385. The summed E-state index contributed by atoms with van der Waals surface area (Å²) in [6.45, 7) is -0.142. The van der Waals surface area contributed by atoms with Crippen LogP contribution in [0.5, 0.6) is 0 Å². The SMILES string of the molecule is O=[N+]([O-])c1cc(F)cc(CNc2c(F)cccc2F)c1. The van der Waals surface area contributed by atoms with Crippen LogP contribution in [0.1, 0.15) is 5.56 Å². The molecule has 0 unspecified atom stereocenters. The monoisotopic (exact) mass is 282 g/mol. The van der Waals surface area contributed by atoms with Crippen LogP contribution >= 0.6 is 0 Å². The third-order valence-corrected chi connectivity index (χ3v) is 2.59. The van der Waals surface area contributed by atoms with Crippen LogP contribution in [-0.4, -0.2) is 4.92 Å². The fourth-order valence-corrected chi connectivity index (χ4v) is 1.70. The Balaban J connectivity index is 2.21. The minimum absolute atomic E-state index is 0.142. The summed E-state index contributed by atoms with van der Waals surface area (Å²) in [5.41, 5.74) is -0.574. The summed E-state index contributed by atoms with van der Waals surface area (Å²) in [6.07, 6.45) is 0. The molecule has 0 heterocycles. The van der Waals surface area contributed by atoms with Crippen molar-refractivity contribution >= 4 is 11.4 Å². The molecule has 0 spiro atoms. The number of non-ortho nitro benzene ring substituents is 1. The number of nitro benzene ring substituents is 1. The number of rotatable bonds is 4. The van der Waals surface area contributed by atoms with E-state index in [-0.39, 0.29) is 17.8 Å². The highest BCUT2D eigenvalue weighted by Gasteiger charge is 2.11. The number of halogens is 3. The maximum Gasteiger partial charge on any atom is 0.272 e. The van der Waals surface area contributed by atoms with Crippen LogP contribution in [0.15, 0.2) is 36.4 Å². The van der Waals surface area contributed by atoms with Crippen LogP contribution in [0.2, 0.25) is 0 Å². The van der Waals surface area contributed by atoms with E-state index in [0.717, 1.165) is 30.3 Å². The number of para-hydroxylation sites is 1. The molecule has 0 bridgehead atoms. The van der Waals surface area contributed by atoms with E-state index in [1.54, 1.807) is 0 Å². The Morgan fingerprint density at radius 3 is 2.35 bits per heavy atom. The topological polar surface area (TPSA) is 55.2 Å². The predicted octanol–water partition coefficient (Wildman–Crippen LogP) is 3.62. The Hall–Kier alpha value is -2.57. The van der Waals surface area contributed by atoms with Crippen LogP contribution in [0, 0.1) is 27.6 Å². The van der Waals surface area contributed by atoms with Crippen molar-refractivity contribution in [2.75, 3.05) is 5.32 Å². The number of anilines is 1. The van der Waals surface area contributed by atoms with Gasteiger partial charge in [0.25, 0.3) is 5.69 Å². The van der Waals surface area contributed by atoms with E-state index in [2.05, 4.69) is 5.32 Å². The molecule has 2 aromatic carbocycles. The summed E-state index contributed by atoms with van der Waals surface area (Å²) < 4.78 is 39.9. The highest BCUT2D eigenvalue weighted by molar-refractivity contribution is 5.47. The normalized spacial score (nSPS) is 10.3. The van der Waals surface area contributed by atoms with Crippen molar-refractivity contribution in [3.05, 3.63) is 69.5 Å². The molecule has 1 N–H and O–H groups in total. The van der Waals surface area contributed by atoms with Crippen LogP contribution in [0.25, 0.3) is 0 Å². The molecule has 0 fully saturated rings. The Bertz CT molecular complexity index is 642. The molecular weight excluding hydrogens is 273 g/mol. The zero-order valence-corrected chi connectivity index (χ0v) is 10.1. The summed E-state index contributed by atoms with van der Waals surface area (Å²) in [6, 6.07) is 6.31. The van der Waals surface area contributed by atoms with E-state index >= 15 is 0 Å². The van der Waals surface area contributed by atoms with E-state index in [9.17, 15) is 23.3 Å². The lowest BCUT2D eigenvalue weighted by atomic mass is 10.2. The standard InChI is InChI=1S/C13H9F3N2O2/c14-9-4-8(5-10(6-9)18(19)20)7-17-13-11(15)2-1-3-12(13)16/h1-6,17H,7H2. The number of hydrogen-bond acceptors (Lipinski definition) is 3. The Morgan fingerprint density at radius 2 is 1.75 bits per heavy atom. The average molecular weight is 282 g/mol. The molecule has 4 nitrogen and oxygen atoms in total. The smallest absolute Gasteiger partial charge is 0.272 e. The molecule has 0 aliphatic rings. The molecule has 0 radical (unpaired) electrons. The fourth-order valence-electron chi connectivity index (χ4n) is 1.70. The molecule has 0 aromatic heterocycles. The van der Waals surface area contributed by atoms with Crippen molar-refractivity contribution in [3.63, 3.8) is 0 Å². The molecule has 7 heteroatoms. The second-order valence-corrected chi connectivity index (χ2v) is 4.02. The van der Waals surface area contributed by atoms with Crippen LogP contribution in [0.3, 0.4) is 0 Å². The molecular formula is C13H9F3N2O2. The summed E-state index contributed by atoms with van der Waals surface area (Å²) in [4.78, 5) is 9.85. The lowest BCUT2D eigenvalue weighted by Crippen LogP contribution is -2.04. The van der Waals surface area contributed by atoms with Gasteiger partial charge >= 0.3 is 0 Å². The molecule has 0 saturated heterocycles. The van der Waals surface area contributed by atoms with Gasteiger partial charge in [-0.1, -0.05) is 6.07 Å². The molecule has 0 atom stereocenters. The molecule has 104 valence electrons. The van der Waals surface area contributed by atoms with Gasteiger partial charge in [-0.25, -0.2) is 13.2 Å². The number of benzene rings is 2. The third-order valence-electron chi connectivity index (χ3n) is 2.59. The van der Waals surface area contributed by atoms with E-state index in [0.29, 0.717) is 0 Å². The number of nitrogens with one attached hydrogen (secondary N) is 1. The first-order valence-electron chi connectivity index (χ1n) is 5.59. The quantitative estimate of drug-likeness (QED) is 0.688. The average Bonchev–Trinajstić information content (AvgIpc) is 2.37. The molecule has 0 saturated carbocycles. The summed E-state index contributed by atoms with van der Waals surface area (Å²) in [5.74, 6) is -2.38. The molecule has 0 amide bonds. The van der Waals surface area contributed by atoms with E-state index < -0.39 is 28.1 Å².